The number of aromatic nitrogens is 1. The number of nitrogen functional groups attached to an aromatic ring is 1. The highest BCUT2D eigenvalue weighted by Crippen LogP contribution is 2.35. The van der Waals surface area contributed by atoms with Crippen molar-refractivity contribution in [3.63, 3.8) is 0 Å². The number of hydrogen-bond acceptors (Lipinski definition) is 3. The van der Waals surface area contributed by atoms with Crippen LogP contribution in [0.15, 0.2) is 24.3 Å². The maximum absolute atomic E-state index is 12.8. The van der Waals surface area contributed by atoms with Crippen LogP contribution < -0.4 is 5.73 Å². The Kier molecular flexibility index (Phi) is 2.39. The normalized spacial score (nSPS) is 11.4. The first kappa shape index (κ1) is 11.2. The van der Waals surface area contributed by atoms with Crippen LogP contribution in [0.4, 0.5) is 19.0 Å². The van der Waals surface area contributed by atoms with Gasteiger partial charge in [-0.15, -0.1) is 0 Å². The van der Waals surface area contributed by atoms with E-state index in [4.69, 9.17) is 11.0 Å². The molecule has 3 nitrogen and oxygen atoms in total. The van der Waals surface area contributed by atoms with Gasteiger partial charge in [0.2, 0.25) is 0 Å². The molecule has 0 unspecified atom stereocenters. The van der Waals surface area contributed by atoms with Crippen LogP contribution in [-0.4, -0.2) is 4.98 Å². The van der Waals surface area contributed by atoms with E-state index in [9.17, 15) is 13.2 Å². The van der Waals surface area contributed by atoms with Crippen molar-refractivity contribution >= 4 is 16.7 Å². The molecule has 0 aliphatic carbocycles. The average molecular weight is 237 g/mol. The van der Waals surface area contributed by atoms with E-state index in [1.807, 2.05) is 0 Å². The molecule has 6 heteroatoms. The minimum Gasteiger partial charge on any atom is -0.384 e. The number of halogens is 3. The Bertz CT molecular complexity index is 626. The van der Waals surface area contributed by atoms with Gasteiger partial charge in [0.25, 0.3) is 0 Å². The summed E-state index contributed by atoms with van der Waals surface area (Å²) < 4.78 is 38.3. The maximum Gasteiger partial charge on any atom is 0.418 e. The molecule has 0 spiro atoms. The number of nitrogens with two attached hydrogens (primary N) is 1. The number of benzene rings is 1. The van der Waals surface area contributed by atoms with Gasteiger partial charge in [-0.2, -0.15) is 18.4 Å². The standard InChI is InChI=1S/C11H6F3N3/c12-11(13,14)8-4-6(5-15)3-7-1-2-9(16)17-10(7)8/h1-4H,(H2,16,17). The molecule has 0 aliphatic heterocycles. The van der Waals surface area contributed by atoms with Gasteiger partial charge in [-0.25, -0.2) is 4.98 Å². The molecule has 0 saturated carbocycles. The Balaban J connectivity index is 2.88. The monoisotopic (exact) mass is 237 g/mol. The summed E-state index contributed by atoms with van der Waals surface area (Å²) in [4.78, 5) is 3.67. The summed E-state index contributed by atoms with van der Waals surface area (Å²) in [6, 6.07) is 6.61. The molecule has 17 heavy (non-hydrogen) atoms. The Morgan fingerprint density at radius 1 is 1.24 bits per heavy atom. The molecule has 0 atom stereocenters. The summed E-state index contributed by atoms with van der Waals surface area (Å²) in [5, 5.41) is 8.92. The van der Waals surface area contributed by atoms with Crippen molar-refractivity contribution < 1.29 is 13.2 Å². The molecule has 0 radical (unpaired) electrons. The highest BCUT2D eigenvalue weighted by molar-refractivity contribution is 5.85. The van der Waals surface area contributed by atoms with Gasteiger partial charge in [-0.1, -0.05) is 0 Å². The summed E-state index contributed by atoms with van der Waals surface area (Å²) in [5.41, 5.74) is 4.12. The van der Waals surface area contributed by atoms with Crippen molar-refractivity contribution in [3.05, 3.63) is 35.4 Å². The van der Waals surface area contributed by atoms with Crippen LogP contribution in [0.3, 0.4) is 0 Å². The van der Waals surface area contributed by atoms with Crippen LogP contribution in [0.5, 0.6) is 0 Å². The first-order chi connectivity index (χ1) is 7.91. The molecular weight excluding hydrogens is 231 g/mol. The van der Waals surface area contributed by atoms with Gasteiger partial charge >= 0.3 is 6.18 Å². The van der Waals surface area contributed by atoms with Crippen molar-refractivity contribution in [2.24, 2.45) is 0 Å². The van der Waals surface area contributed by atoms with Gasteiger partial charge in [0.1, 0.15) is 5.82 Å². The second-order valence-corrected chi connectivity index (χ2v) is 3.44. The zero-order valence-electron chi connectivity index (χ0n) is 8.42. The van der Waals surface area contributed by atoms with Gasteiger partial charge in [0.05, 0.1) is 22.7 Å². The minimum atomic E-state index is -4.56. The third-order valence-electron chi connectivity index (χ3n) is 2.25. The first-order valence-electron chi connectivity index (χ1n) is 4.59. The lowest BCUT2D eigenvalue weighted by Gasteiger charge is -2.10. The zero-order chi connectivity index (χ0) is 12.6. The number of fused-ring (bicyclic) bond motifs is 1. The lowest BCUT2D eigenvalue weighted by atomic mass is 10.1. The Labute approximate surface area is 94.3 Å². The molecule has 2 aromatic rings. The largest absolute Gasteiger partial charge is 0.418 e. The molecule has 1 aromatic heterocycles. The maximum atomic E-state index is 12.8. The topological polar surface area (TPSA) is 62.7 Å². The van der Waals surface area contributed by atoms with E-state index in [2.05, 4.69) is 4.98 Å². The number of alkyl halides is 3. The van der Waals surface area contributed by atoms with E-state index < -0.39 is 11.7 Å². The lowest BCUT2D eigenvalue weighted by molar-refractivity contribution is -0.136. The molecule has 2 rings (SSSR count). The van der Waals surface area contributed by atoms with Crippen molar-refractivity contribution in [1.82, 2.24) is 4.98 Å². The van der Waals surface area contributed by atoms with Crippen molar-refractivity contribution in [3.8, 4) is 6.07 Å². The van der Waals surface area contributed by atoms with Gasteiger partial charge in [0.15, 0.2) is 0 Å². The summed E-state index contributed by atoms with van der Waals surface area (Å²) in [7, 11) is 0. The molecule has 1 heterocycles. The molecule has 1 aromatic carbocycles. The average Bonchev–Trinajstić information content (AvgIpc) is 2.26. The van der Waals surface area contributed by atoms with Gasteiger partial charge in [-0.05, 0) is 24.3 Å². The van der Waals surface area contributed by atoms with E-state index in [1.165, 1.54) is 18.2 Å². The molecule has 2 N–H and O–H groups in total. The van der Waals surface area contributed by atoms with Gasteiger partial charge in [0, 0.05) is 5.39 Å². The quantitative estimate of drug-likeness (QED) is 0.766. The first-order valence-corrected chi connectivity index (χ1v) is 4.59. The fraction of sp³-hybridized carbons (Fsp3) is 0.0909. The zero-order valence-corrected chi connectivity index (χ0v) is 8.42. The second-order valence-electron chi connectivity index (χ2n) is 3.44. The van der Waals surface area contributed by atoms with E-state index in [1.54, 1.807) is 6.07 Å². The summed E-state index contributed by atoms with van der Waals surface area (Å²) in [5.74, 6) is 0.00714. The molecule has 0 aliphatic rings. The van der Waals surface area contributed by atoms with Gasteiger partial charge < -0.3 is 5.73 Å². The highest BCUT2D eigenvalue weighted by Gasteiger charge is 2.33. The van der Waals surface area contributed by atoms with Crippen LogP contribution in [-0.2, 0) is 6.18 Å². The Morgan fingerprint density at radius 2 is 1.94 bits per heavy atom. The third kappa shape index (κ3) is 1.99. The number of anilines is 1. The number of rotatable bonds is 0. The van der Waals surface area contributed by atoms with Crippen LogP contribution in [0.25, 0.3) is 10.9 Å². The smallest absolute Gasteiger partial charge is 0.384 e. The molecule has 86 valence electrons. The molecule has 0 amide bonds. The third-order valence-corrected chi connectivity index (χ3v) is 2.25. The van der Waals surface area contributed by atoms with E-state index in [-0.39, 0.29) is 22.3 Å². The van der Waals surface area contributed by atoms with Crippen LogP contribution >= 0.6 is 0 Å². The SMILES string of the molecule is N#Cc1cc(C(F)(F)F)c2nc(N)ccc2c1. The lowest BCUT2D eigenvalue weighted by Crippen LogP contribution is -2.08. The van der Waals surface area contributed by atoms with E-state index >= 15 is 0 Å². The van der Waals surface area contributed by atoms with Crippen molar-refractivity contribution in [2.45, 2.75) is 6.18 Å². The van der Waals surface area contributed by atoms with Crippen LogP contribution in [0.2, 0.25) is 0 Å². The van der Waals surface area contributed by atoms with Crippen LogP contribution in [0, 0.1) is 11.3 Å². The van der Waals surface area contributed by atoms with Crippen molar-refractivity contribution in [2.75, 3.05) is 5.73 Å². The predicted molar refractivity (Wildman–Crippen MR) is 55.9 cm³/mol. The predicted octanol–water partition coefficient (Wildman–Crippen LogP) is 2.71. The minimum absolute atomic E-state index is 0.00714. The number of hydrogen-bond donors (Lipinski definition) is 1. The summed E-state index contributed by atoms with van der Waals surface area (Å²) in [6.45, 7) is 0. The molecular formula is C11H6F3N3. The number of nitrogens with zero attached hydrogens (tertiary/aromatic N) is 2. The second kappa shape index (κ2) is 3.63. The van der Waals surface area contributed by atoms with Gasteiger partial charge in [-0.3, -0.25) is 0 Å². The Hall–Kier alpha value is -2.29. The number of pyridine rings is 1. The highest BCUT2D eigenvalue weighted by atomic mass is 19.4. The molecule has 0 bridgehead atoms. The Morgan fingerprint density at radius 3 is 2.53 bits per heavy atom. The number of nitriles is 1. The fourth-order valence-electron chi connectivity index (χ4n) is 1.53. The molecule has 0 fully saturated rings. The summed E-state index contributed by atoms with van der Waals surface area (Å²) in [6.07, 6.45) is -4.56. The van der Waals surface area contributed by atoms with Crippen molar-refractivity contribution in [1.29, 1.82) is 5.26 Å². The molecule has 0 saturated heterocycles. The fourth-order valence-corrected chi connectivity index (χ4v) is 1.53. The van der Waals surface area contributed by atoms with E-state index in [0.29, 0.717) is 0 Å². The van der Waals surface area contributed by atoms with E-state index in [0.717, 1.165) is 6.07 Å². The van der Waals surface area contributed by atoms with Crippen LogP contribution in [0.1, 0.15) is 11.1 Å². The summed E-state index contributed by atoms with van der Waals surface area (Å²) >= 11 is 0.